The SMILES string of the molecule is CC(C)(CO)NC(=O)CSCc1ccncc1. The van der Waals surface area contributed by atoms with E-state index in [2.05, 4.69) is 10.3 Å². The van der Waals surface area contributed by atoms with Crippen LogP contribution in [0.4, 0.5) is 0 Å². The van der Waals surface area contributed by atoms with Gasteiger partial charge in [-0.1, -0.05) is 0 Å². The van der Waals surface area contributed by atoms with E-state index in [1.807, 2.05) is 12.1 Å². The van der Waals surface area contributed by atoms with Gasteiger partial charge in [0.05, 0.1) is 17.9 Å². The summed E-state index contributed by atoms with van der Waals surface area (Å²) in [7, 11) is 0. The number of aromatic nitrogens is 1. The lowest BCUT2D eigenvalue weighted by Gasteiger charge is -2.23. The van der Waals surface area contributed by atoms with Crippen LogP contribution in [-0.2, 0) is 10.5 Å². The second-order valence-corrected chi connectivity index (χ2v) is 5.42. The highest BCUT2D eigenvalue weighted by atomic mass is 32.2. The molecule has 0 saturated carbocycles. The van der Waals surface area contributed by atoms with Crippen molar-refractivity contribution in [3.63, 3.8) is 0 Å². The second-order valence-electron chi connectivity index (χ2n) is 4.44. The fourth-order valence-corrected chi connectivity index (χ4v) is 1.98. The Hall–Kier alpha value is -1.07. The van der Waals surface area contributed by atoms with E-state index in [4.69, 9.17) is 5.11 Å². The summed E-state index contributed by atoms with van der Waals surface area (Å²) in [6.45, 7) is 3.52. The molecule has 1 aromatic rings. The first-order valence-corrected chi connectivity index (χ1v) is 6.57. The number of pyridine rings is 1. The molecule has 0 aromatic carbocycles. The minimum atomic E-state index is -0.547. The van der Waals surface area contributed by atoms with Crippen LogP contribution in [0.15, 0.2) is 24.5 Å². The summed E-state index contributed by atoms with van der Waals surface area (Å²) >= 11 is 1.54. The molecule has 0 spiro atoms. The fraction of sp³-hybridized carbons (Fsp3) is 0.500. The van der Waals surface area contributed by atoms with Crippen molar-refractivity contribution in [2.24, 2.45) is 0 Å². The minimum Gasteiger partial charge on any atom is -0.394 e. The third kappa shape index (κ3) is 5.70. The van der Waals surface area contributed by atoms with E-state index >= 15 is 0 Å². The summed E-state index contributed by atoms with van der Waals surface area (Å²) in [4.78, 5) is 15.5. The van der Waals surface area contributed by atoms with Gasteiger partial charge < -0.3 is 10.4 Å². The Labute approximate surface area is 106 Å². The predicted molar refractivity (Wildman–Crippen MR) is 69.7 cm³/mol. The Balaban J connectivity index is 2.25. The number of aliphatic hydroxyl groups excluding tert-OH is 1. The molecule has 0 atom stereocenters. The zero-order valence-electron chi connectivity index (χ0n) is 10.1. The third-order valence-corrected chi connectivity index (χ3v) is 3.13. The molecule has 0 aliphatic rings. The normalized spacial score (nSPS) is 11.2. The van der Waals surface area contributed by atoms with Crippen LogP contribution >= 0.6 is 11.8 Å². The quantitative estimate of drug-likeness (QED) is 0.801. The van der Waals surface area contributed by atoms with Crippen molar-refractivity contribution in [1.29, 1.82) is 0 Å². The summed E-state index contributed by atoms with van der Waals surface area (Å²) in [5.74, 6) is 1.13. The Morgan fingerprint density at radius 1 is 1.47 bits per heavy atom. The molecular weight excluding hydrogens is 236 g/mol. The van der Waals surface area contributed by atoms with E-state index in [1.165, 1.54) is 0 Å². The fourth-order valence-electron chi connectivity index (χ4n) is 1.19. The first-order chi connectivity index (χ1) is 8.03. The van der Waals surface area contributed by atoms with Crippen LogP contribution in [0.3, 0.4) is 0 Å². The molecule has 5 heteroatoms. The molecule has 0 bridgehead atoms. The second kappa shape index (κ2) is 6.61. The summed E-state index contributed by atoms with van der Waals surface area (Å²) in [6.07, 6.45) is 3.48. The number of nitrogens with zero attached hydrogens (tertiary/aromatic N) is 1. The lowest BCUT2D eigenvalue weighted by molar-refractivity contribution is -0.120. The Morgan fingerprint density at radius 3 is 2.71 bits per heavy atom. The van der Waals surface area contributed by atoms with Crippen LogP contribution < -0.4 is 5.32 Å². The number of aliphatic hydroxyl groups is 1. The first-order valence-electron chi connectivity index (χ1n) is 5.42. The molecule has 1 amide bonds. The summed E-state index contributed by atoms with van der Waals surface area (Å²) in [5, 5.41) is 11.8. The molecule has 17 heavy (non-hydrogen) atoms. The van der Waals surface area contributed by atoms with Crippen molar-refractivity contribution in [3.8, 4) is 0 Å². The van der Waals surface area contributed by atoms with Crippen LogP contribution in [-0.4, -0.2) is 33.9 Å². The zero-order valence-corrected chi connectivity index (χ0v) is 11.0. The van der Waals surface area contributed by atoms with Gasteiger partial charge in [0.15, 0.2) is 0 Å². The van der Waals surface area contributed by atoms with Gasteiger partial charge in [0.2, 0.25) is 5.91 Å². The van der Waals surface area contributed by atoms with Crippen LogP contribution in [0.5, 0.6) is 0 Å². The molecular formula is C12H18N2O2S. The van der Waals surface area contributed by atoms with Gasteiger partial charge in [-0.15, -0.1) is 11.8 Å². The predicted octanol–water partition coefficient (Wildman–Crippen LogP) is 1.20. The largest absolute Gasteiger partial charge is 0.394 e. The van der Waals surface area contributed by atoms with E-state index in [0.29, 0.717) is 5.75 Å². The molecule has 1 rings (SSSR count). The molecule has 0 radical (unpaired) electrons. The Bertz CT molecular complexity index is 355. The standard InChI is InChI=1S/C12H18N2O2S/c1-12(2,9-15)14-11(16)8-17-7-10-3-5-13-6-4-10/h3-6,15H,7-9H2,1-2H3,(H,14,16). The van der Waals surface area contributed by atoms with Crippen molar-refractivity contribution in [2.45, 2.75) is 25.1 Å². The number of amides is 1. The Kier molecular flexibility index (Phi) is 5.44. The highest BCUT2D eigenvalue weighted by Crippen LogP contribution is 2.11. The smallest absolute Gasteiger partial charge is 0.230 e. The molecule has 0 aliphatic carbocycles. The van der Waals surface area contributed by atoms with E-state index in [-0.39, 0.29) is 12.5 Å². The number of carbonyl (C=O) groups excluding carboxylic acids is 1. The molecule has 94 valence electrons. The number of nitrogens with one attached hydrogen (secondary N) is 1. The average molecular weight is 254 g/mol. The maximum atomic E-state index is 11.6. The highest BCUT2D eigenvalue weighted by molar-refractivity contribution is 7.99. The molecule has 1 aromatic heterocycles. The maximum Gasteiger partial charge on any atom is 0.230 e. The van der Waals surface area contributed by atoms with Crippen molar-refractivity contribution >= 4 is 17.7 Å². The van der Waals surface area contributed by atoms with Crippen LogP contribution in [0.2, 0.25) is 0 Å². The van der Waals surface area contributed by atoms with Crippen LogP contribution in [0.25, 0.3) is 0 Å². The topological polar surface area (TPSA) is 62.2 Å². The van der Waals surface area contributed by atoms with E-state index in [9.17, 15) is 4.79 Å². The lowest BCUT2D eigenvalue weighted by atomic mass is 10.1. The number of carbonyl (C=O) groups is 1. The number of rotatable bonds is 6. The molecule has 0 saturated heterocycles. The molecule has 0 fully saturated rings. The maximum absolute atomic E-state index is 11.6. The number of hydrogen-bond acceptors (Lipinski definition) is 4. The Morgan fingerprint density at radius 2 is 2.12 bits per heavy atom. The van der Waals surface area contributed by atoms with E-state index < -0.39 is 5.54 Å². The zero-order chi connectivity index (χ0) is 12.7. The van der Waals surface area contributed by atoms with Crippen LogP contribution in [0.1, 0.15) is 19.4 Å². The van der Waals surface area contributed by atoms with Gasteiger partial charge >= 0.3 is 0 Å². The van der Waals surface area contributed by atoms with Gasteiger partial charge in [-0.3, -0.25) is 9.78 Å². The first kappa shape index (κ1) is 14.0. The summed E-state index contributed by atoms with van der Waals surface area (Å²) < 4.78 is 0. The van der Waals surface area contributed by atoms with Gasteiger partial charge in [-0.2, -0.15) is 0 Å². The van der Waals surface area contributed by atoms with Gasteiger partial charge in [0.25, 0.3) is 0 Å². The minimum absolute atomic E-state index is 0.0527. The van der Waals surface area contributed by atoms with E-state index in [1.54, 1.807) is 38.0 Å². The molecule has 0 aliphatic heterocycles. The monoisotopic (exact) mass is 254 g/mol. The number of thioether (sulfide) groups is 1. The highest BCUT2D eigenvalue weighted by Gasteiger charge is 2.18. The lowest BCUT2D eigenvalue weighted by Crippen LogP contribution is -2.47. The molecule has 0 unspecified atom stereocenters. The van der Waals surface area contributed by atoms with Crippen molar-refractivity contribution in [2.75, 3.05) is 12.4 Å². The molecule has 1 heterocycles. The summed E-state index contributed by atoms with van der Waals surface area (Å²) in [5.41, 5.74) is 0.605. The van der Waals surface area contributed by atoms with Crippen molar-refractivity contribution in [3.05, 3.63) is 30.1 Å². The van der Waals surface area contributed by atoms with Gasteiger partial charge in [0, 0.05) is 18.1 Å². The summed E-state index contributed by atoms with van der Waals surface area (Å²) in [6, 6.07) is 3.87. The van der Waals surface area contributed by atoms with Gasteiger partial charge in [-0.05, 0) is 31.5 Å². The molecule has 2 N–H and O–H groups in total. The van der Waals surface area contributed by atoms with E-state index in [0.717, 1.165) is 11.3 Å². The third-order valence-electron chi connectivity index (χ3n) is 2.12. The van der Waals surface area contributed by atoms with Crippen molar-refractivity contribution < 1.29 is 9.90 Å². The van der Waals surface area contributed by atoms with Crippen molar-refractivity contribution in [1.82, 2.24) is 10.3 Å². The average Bonchev–Trinajstić information content (AvgIpc) is 2.30. The van der Waals surface area contributed by atoms with Gasteiger partial charge in [-0.25, -0.2) is 0 Å². The molecule has 4 nitrogen and oxygen atoms in total. The van der Waals surface area contributed by atoms with Gasteiger partial charge in [0.1, 0.15) is 0 Å². The van der Waals surface area contributed by atoms with Crippen LogP contribution in [0, 0.1) is 0 Å². The number of hydrogen-bond donors (Lipinski definition) is 2.